The average Bonchev–Trinajstić information content (AvgIpc) is 3.04. The van der Waals surface area contributed by atoms with Crippen LogP contribution in [0.15, 0.2) is 57.7 Å². The molecular formula is C21H12F3NO6. The highest BCUT2D eigenvalue weighted by Gasteiger charge is 2.34. The molecule has 0 radical (unpaired) electrons. The molecule has 0 spiro atoms. The van der Waals surface area contributed by atoms with E-state index in [1.807, 2.05) is 0 Å². The van der Waals surface area contributed by atoms with Gasteiger partial charge in [-0.05, 0) is 36.4 Å². The normalized spacial score (nSPS) is 14.4. The minimum absolute atomic E-state index is 0.0773. The predicted molar refractivity (Wildman–Crippen MR) is 101 cm³/mol. The Bertz CT molecular complexity index is 1260. The van der Waals surface area contributed by atoms with Crippen LogP contribution in [-0.2, 0) is 15.8 Å². The highest BCUT2D eigenvalue weighted by molar-refractivity contribution is 6.19. The van der Waals surface area contributed by atoms with Crippen molar-refractivity contribution in [2.45, 2.75) is 19.0 Å². The highest BCUT2D eigenvalue weighted by Crippen LogP contribution is 2.35. The summed E-state index contributed by atoms with van der Waals surface area (Å²) < 4.78 is 49.3. The first-order valence-electron chi connectivity index (χ1n) is 8.96. The molecule has 7 nitrogen and oxygen atoms in total. The molecule has 0 bridgehead atoms. The van der Waals surface area contributed by atoms with Gasteiger partial charge in [-0.1, -0.05) is 0 Å². The molecule has 0 unspecified atom stereocenters. The van der Waals surface area contributed by atoms with Gasteiger partial charge in [0.2, 0.25) is 11.8 Å². The Hall–Kier alpha value is -3.95. The number of hydrogen-bond donors (Lipinski definition) is 0. The molecule has 3 aromatic rings. The van der Waals surface area contributed by atoms with Crippen LogP contribution < -0.4 is 15.3 Å². The summed E-state index contributed by atoms with van der Waals surface area (Å²) in [4.78, 5) is 48.4. The number of benzene rings is 2. The Kier molecular flexibility index (Phi) is 4.84. The Morgan fingerprint density at radius 1 is 0.935 bits per heavy atom. The van der Waals surface area contributed by atoms with Crippen molar-refractivity contribution >= 4 is 34.4 Å². The number of alkyl halides is 3. The van der Waals surface area contributed by atoms with Gasteiger partial charge in [-0.2, -0.15) is 13.2 Å². The van der Waals surface area contributed by atoms with Crippen LogP contribution in [0.2, 0.25) is 0 Å². The molecule has 1 aliphatic heterocycles. The number of hydrogen-bond acceptors (Lipinski definition) is 6. The molecule has 158 valence electrons. The van der Waals surface area contributed by atoms with E-state index in [9.17, 15) is 32.3 Å². The first-order chi connectivity index (χ1) is 14.6. The molecule has 1 fully saturated rings. The van der Waals surface area contributed by atoms with Crippen LogP contribution in [0.3, 0.4) is 0 Å². The lowest BCUT2D eigenvalue weighted by molar-refractivity contribution is -0.136. The number of nitrogens with zero attached hydrogens (tertiary/aromatic N) is 1. The summed E-state index contributed by atoms with van der Waals surface area (Å²) in [5, 5.41) is -0.351. The third kappa shape index (κ3) is 3.91. The van der Waals surface area contributed by atoms with Gasteiger partial charge in [-0.25, -0.2) is 9.59 Å². The second kappa shape index (κ2) is 7.38. The van der Waals surface area contributed by atoms with Crippen molar-refractivity contribution in [3.05, 3.63) is 70.1 Å². The molecule has 1 aromatic heterocycles. The number of amides is 2. The monoisotopic (exact) mass is 431 g/mol. The Morgan fingerprint density at radius 2 is 1.58 bits per heavy atom. The zero-order chi connectivity index (χ0) is 22.3. The number of ether oxygens (including phenoxy) is 1. The molecule has 0 aliphatic carbocycles. The van der Waals surface area contributed by atoms with E-state index < -0.39 is 23.3 Å². The van der Waals surface area contributed by atoms with E-state index in [1.165, 1.54) is 24.3 Å². The van der Waals surface area contributed by atoms with Crippen LogP contribution in [0.5, 0.6) is 5.75 Å². The van der Waals surface area contributed by atoms with Gasteiger partial charge in [0, 0.05) is 30.4 Å². The van der Waals surface area contributed by atoms with E-state index in [0.717, 1.165) is 23.1 Å². The molecule has 2 aromatic carbocycles. The third-order valence-electron chi connectivity index (χ3n) is 4.64. The first kappa shape index (κ1) is 20.3. The van der Waals surface area contributed by atoms with Crippen LogP contribution in [0, 0.1) is 0 Å². The second-order valence-corrected chi connectivity index (χ2v) is 6.69. The van der Waals surface area contributed by atoms with Crippen molar-refractivity contribution in [1.29, 1.82) is 0 Å². The molecule has 2 amide bonds. The predicted octanol–water partition coefficient (Wildman–Crippen LogP) is 3.68. The highest BCUT2D eigenvalue weighted by atomic mass is 19.4. The summed E-state index contributed by atoms with van der Waals surface area (Å²) >= 11 is 0. The molecule has 0 saturated carbocycles. The van der Waals surface area contributed by atoms with Gasteiger partial charge in [0.15, 0.2) is 0 Å². The van der Waals surface area contributed by atoms with E-state index in [1.54, 1.807) is 0 Å². The number of carbonyl (C=O) groups is 3. The third-order valence-corrected chi connectivity index (χ3v) is 4.64. The minimum atomic E-state index is -4.76. The van der Waals surface area contributed by atoms with Crippen molar-refractivity contribution in [3.8, 4) is 5.75 Å². The summed E-state index contributed by atoms with van der Waals surface area (Å²) in [5.41, 5.74) is -2.33. The fraction of sp³-hybridized carbons (Fsp3) is 0.143. The summed E-state index contributed by atoms with van der Waals surface area (Å²) in [6, 6.07) is 9.06. The Balaban J connectivity index is 1.58. The Labute approximate surface area is 171 Å². The van der Waals surface area contributed by atoms with Crippen molar-refractivity contribution in [2.24, 2.45) is 0 Å². The van der Waals surface area contributed by atoms with Crippen LogP contribution in [0.4, 0.5) is 18.9 Å². The van der Waals surface area contributed by atoms with Gasteiger partial charge in [0.25, 0.3) is 0 Å². The molecule has 10 heteroatoms. The van der Waals surface area contributed by atoms with Crippen LogP contribution in [0.25, 0.3) is 11.0 Å². The number of esters is 1. The maximum Gasteiger partial charge on any atom is 0.417 e. The average molecular weight is 431 g/mol. The molecular weight excluding hydrogens is 419 g/mol. The molecule has 0 atom stereocenters. The molecule has 1 saturated heterocycles. The number of rotatable bonds is 3. The lowest BCUT2D eigenvalue weighted by atomic mass is 10.1. The van der Waals surface area contributed by atoms with Gasteiger partial charge in [-0.15, -0.1) is 0 Å². The summed E-state index contributed by atoms with van der Waals surface area (Å²) in [5.74, 6) is -1.64. The van der Waals surface area contributed by atoms with E-state index in [2.05, 4.69) is 0 Å². The first-order valence-corrected chi connectivity index (χ1v) is 8.96. The van der Waals surface area contributed by atoms with Crippen molar-refractivity contribution in [1.82, 2.24) is 0 Å². The van der Waals surface area contributed by atoms with Crippen LogP contribution >= 0.6 is 0 Å². The van der Waals surface area contributed by atoms with E-state index in [0.29, 0.717) is 11.8 Å². The number of imide groups is 1. The fourth-order valence-corrected chi connectivity index (χ4v) is 3.22. The van der Waals surface area contributed by atoms with Crippen molar-refractivity contribution in [3.63, 3.8) is 0 Å². The van der Waals surface area contributed by atoms with Gasteiger partial charge in [-0.3, -0.25) is 14.5 Å². The van der Waals surface area contributed by atoms with E-state index >= 15 is 0 Å². The topological polar surface area (TPSA) is 93.9 Å². The number of halogens is 3. The maximum atomic E-state index is 13.1. The second-order valence-electron chi connectivity index (χ2n) is 6.69. The summed E-state index contributed by atoms with van der Waals surface area (Å²) in [6.07, 6.45) is -4.51. The lowest BCUT2D eigenvalue weighted by Crippen LogP contribution is -2.28. The summed E-state index contributed by atoms with van der Waals surface area (Å²) in [7, 11) is 0. The van der Waals surface area contributed by atoms with Crippen LogP contribution in [0.1, 0.15) is 28.8 Å². The van der Waals surface area contributed by atoms with Gasteiger partial charge in [0.05, 0.1) is 16.8 Å². The number of anilines is 1. The largest absolute Gasteiger partial charge is 0.423 e. The molecule has 31 heavy (non-hydrogen) atoms. The number of carbonyl (C=O) groups excluding carboxylic acids is 3. The lowest BCUT2D eigenvalue weighted by Gasteiger charge is -2.14. The maximum absolute atomic E-state index is 13.1. The fourth-order valence-electron chi connectivity index (χ4n) is 3.22. The number of fused-ring (bicyclic) bond motifs is 1. The molecule has 0 N–H and O–H groups in total. The van der Waals surface area contributed by atoms with Crippen LogP contribution in [-0.4, -0.2) is 17.8 Å². The zero-order valence-electron chi connectivity index (χ0n) is 15.6. The van der Waals surface area contributed by atoms with Crippen molar-refractivity contribution < 1.29 is 36.7 Å². The van der Waals surface area contributed by atoms with Gasteiger partial charge in [0.1, 0.15) is 11.3 Å². The SMILES string of the molecule is O=C(Oc1ccc2c(C(F)(F)F)cc(=O)oc2c1)c1ccc(N2C(=O)CCC2=O)cc1. The van der Waals surface area contributed by atoms with Crippen molar-refractivity contribution in [2.75, 3.05) is 4.90 Å². The molecule has 2 heterocycles. The standard InChI is InChI=1S/C21H12F3NO6/c22-21(23,24)15-10-19(28)31-16-9-13(5-6-14(15)16)30-20(29)11-1-3-12(4-2-11)25-17(26)7-8-18(25)27/h1-6,9-10H,7-8H2. The van der Waals surface area contributed by atoms with E-state index in [4.69, 9.17) is 9.15 Å². The quantitative estimate of drug-likeness (QED) is 0.272. The van der Waals surface area contributed by atoms with E-state index in [-0.39, 0.29) is 46.9 Å². The smallest absolute Gasteiger partial charge is 0.417 e. The van der Waals surface area contributed by atoms with Gasteiger partial charge < -0.3 is 9.15 Å². The molecule has 1 aliphatic rings. The zero-order valence-corrected chi connectivity index (χ0v) is 15.6. The Morgan fingerprint density at radius 3 is 2.19 bits per heavy atom. The minimum Gasteiger partial charge on any atom is -0.423 e. The van der Waals surface area contributed by atoms with Gasteiger partial charge >= 0.3 is 17.8 Å². The summed E-state index contributed by atoms with van der Waals surface area (Å²) in [6.45, 7) is 0. The molecule has 4 rings (SSSR count).